The van der Waals surface area contributed by atoms with Crippen LogP contribution in [0.1, 0.15) is 28.6 Å². The van der Waals surface area contributed by atoms with Gasteiger partial charge in [0.25, 0.3) is 5.91 Å². The summed E-state index contributed by atoms with van der Waals surface area (Å²) in [6, 6.07) is 0.318. The van der Waals surface area contributed by atoms with E-state index in [1.54, 1.807) is 13.8 Å². The first-order valence-electron chi connectivity index (χ1n) is 4.75. The van der Waals surface area contributed by atoms with Crippen LogP contribution in [0, 0.1) is 12.1 Å². The van der Waals surface area contributed by atoms with Gasteiger partial charge in [-0.2, -0.15) is 4.39 Å². The van der Waals surface area contributed by atoms with E-state index < -0.39 is 23.0 Å². The highest BCUT2D eigenvalue weighted by Crippen LogP contribution is 2.20. The quantitative estimate of drug-likeness (QED) is 0.849. The molecular formula is C10H12FNO3S. The lowest BCUT2D eigenvalue weighted by Crippen LogP contribution is -2.40. The minimum absolute atomic E-state index is 0.220. The van der Waals surface area contributed by atoms with Gasteiger partial charge in [-0.25, -0.2) is 4.79 Å². The molecule has 16 heavy (non-hydrogen) atoms. The molecule has 1 atom stereocenters. The molecule has 0 saturated carbocycles. The van der Waals surface area contributed by atoms with Crippen LogP contribution in [0.2, 0.25) is 0 Å². The third-order valence-electron chi connectivity index (χ3n) is 2.11. The third kappa shape index (κ3) is 2.79. The van der Waals surface area contributed by atoms with Crippen LogP contribution in [0.5, 0.6) is 0 Å². The van der Waals surface area contributed by atoms with Crippen molar-refractivity contribution in [1.82, 2.24) is 5.32 Å². The maximum Gasteiger partial charge on any atom is 0.326 e. The minimum Gasteiger partial charge on any atom is -0.480 e. The average molecular weight is 245 g/mol. The van der Waals surface area contributed by atoms with Crippen molar-refractivity contribution in [2.75, 3.05) is 0 Å². The standard InChI is InChI=1S/C10H12FNO3S/c1-3-6(10(14)15)12-9(13)8-5(2)4-7(11)16-8/h4,6H,3H2,1-2H3,(H,12,13)(H,14,15). The molecule has 0 radical (unpaired) electrons. The van der Waals surface area contributed by atoms with E-state index in [9.17, 15) is 14.0 Å². The van der Waals surface area contributed by atoms with Crippen LogP contribution in [-0.2, 0) is 4.79 Å². The molecule has 1 aromatic heterocycles. The first kappa shape index (κ1) is 12.6. The Balaban J connectivity index is 2.79. The summed E-state index contributed by atoms with van der Waals surface area (Å²) in [5.74, 6) is -1.63. The number of carboxylic acid groups (broad SMARTS) is 1. The van der Waals surface area contributed by atoms with Crippen LogP contribution in [0.3, 0.4) is 0 Å². The second-order valence-electron chi connectivity index (χ2n) is 3.34. The normalized spacial score (nSPS) is 12.2. The fourth-order valence-corrected chi connectivity index (χ4v) is 2.03. The Morgan fingerprint density at radius 1 is 1.62 bits per heavy atom. The number of nitrogens with one attached hydrogen (secondary N) is 1. The summed E-state index contributed by atoms with van der Waals surface area (Å²) in [5.41, 5.74) is 0.514. The molecule has 1 amide bonds. The summed E-state index contributed by atoms with van der Waals surface area (Å²) >= 11 is 0.715. The summed E-state index contributed by atoms with van der Waals surface area (Å²) in [6.07, 6.45) is 0.286. The molecule has 0 saturated heterocycles. The molecule has 0 spiro atoms. The number of hydrogen-bond acceptors (Lipinski definition) is 3. The topological polar surface area (TPSA) is 66.4 Å². The Labute approximate surface area is 96.1 Å². The average Bonchev–Trinajstić information content (AvgIpc) is 2.53. The molecule has 2 N–H and O–H groups in total. The number of carboxylic acids is 1. The molecule has 1 unspecified atom stereocenters. The van der Waals surface area contributed by atoms with E-state index in [1.165, 1.54) is 6.07 Å². The largest absolute Gasteiger partial charge is 0.480 e. The van der Waals surface area contributed by atoms with Crippen LogP contribution < -0.4 is 5.32 Å². The van der Waals surface area contributed by atoms with E-state index in [-0.39, 0.29) is 11.3 Å². The Bertz CT molecular complexity index is 416. The molecule has 88 valence electrons. The second kappa shape index (κ2) is 5.07. The van der Waals surface area contributed by atoms with E-state index in [2.05, 4.69) is 5.32 Å². The maximum atomic E-state index is 12.8. The van der Waals surface area contributed by atoms with Gasteiger partial charge in [-0.3, -0.25) is 4.79 Å². The molecule has 1 rings (SSSR count). The number of amides is 1. The van der Waals surface area contributed by atoms with Gasteiger partial charge >= 0.3 is 5.97 Å². The lowest BCUT2D eigenvalue weighted by Gasteiger charge is -2.11. The number of hydrogen-bond donors (Lipinski definition) is 2. The molecule has 0 aliphatic carbocycles. The van der Waals surface area contributed by atoms with Gasteiger partial charge < -0.3 is 10.4 Å². The maximum absolute atomic E-state index is 12.8. The van der Waals surface area contributed by atoms with Crippen LogP contribution in [0.4, 0.5) is 4.39 Å². The van der Waals surface area contributed by atoms with E-state index in [0.717, 1.165) is 0 Å². The van der Waals surface area contributed by atoms with Crippen LogP contribution >= 0.6 is 11.3 Å². The lowest BCUT2D eigenvalue weighted by molar-refractivity contribution is -0.139. The minimum atomic E-state index is -1.09. The summed E-state index contributed by atoms with van der Waals surface area (Å²) < 4.78 is 12.8. The van der Waals surface area contributed by atoms with Gasteiger partial charge in [0.1, 0.15) is 6.04 Å². The Morgan fingerprint density at radius 2 is 2.25 bits per heavy atom. The van der Waals surface area contributed by atoms with Gasteiger partial charge in [-0.05, 0) is 25.0 Å². The Hall–Kier alpha value is -1.43. The zero-order valence-electron chi connectivity index (χ0n) is 8.91. The summed E-state index contributed by atoms with van der Waals surface area (Å²) in [7, 11) is 0. The molecule has 1 heterocycles. The zero-order chi connectivity index (χ0) is 12.3. The fourth-order valence-electron chi connectivity index (χ4n) is 1.23. The predicted molar refractivity (Wildman–Crippen MR) is 58.2 cm³/mol. The molecule has 6 heteroatoms. The van der Waals surface area contributed by atoms with E-state index >= 15 is 0 Å². The van der Waals surface area contributed by atoms with Gasteiger partial charge in [0, 0.05) is 0 Å². The molecule has 0 aliphatic heterocycles. The molecule has 0 aromatic carbocycles. The van der Waals surface area contributed by atoms with Gasteiger partial charge in [-0.1, -0.05) is 6.92 Å². The van der Waals surface area contributed by atoms with Crippen LogP contribution in [0.15, 0.2) is 6.07 Å². The van der Waals surface area contributed by atoms with Gasteiger partial charge in [0.15, 0.2) is 5.13 Å². The smallest absolute Gasteiger partial charge is 0.326 e. The highest BCUT2D eigenvalue weighted by Gasteiger charge is 2.21. The van der Waals surface area contributed by atoms with Crippen molar-refractivity contribution in [3.05, 3.63) is 21.6 Å². The van der Waals surface area contributed by atoms with Crippen molar-refractivity contribution >= 4 is 23.2 Å². The van der Waals surface area contributed by atoms with E-state index in [0.29, 0.717) is 16.9 Å². The molecule has 0 fully saturated rings. The van der Waals surface area contributed by atoms with Crippen molar-refractivity contribution in [2.24, 2.45) is 0 Å². The number of carbonyl (C=O) groups is 2. The first-order valence-corrected chi connectivity index (χ1v) is 5.57. The van der Waals surface area contributed by atoms with Crippen LogP contribution in [-0.4, -0.2) is 23.0 Å². The fraction of sp³-hybridized carbons (Fsp3) is 0.400. The van der Waals surface area contributed by atoms with Crippen LogP contribution in [0.25, 0.3) is 0 Å². The van der Waals surface area contributed by atoms with Gasteiger partial charge in [-0.15, -0.1) is 11.3 Å². The molecular weight excluding hydrogens is 233 g/mol. The zero-order valence-corrected chi connectivity index (χ0v) is 9.73. The number of thiophene rings is 1. The number of carbonyl (C=O) groups excluding carboxylic acids is 1. The van der Waals surface area contributed by atoms with Crippen molar-refractivity contribution in [3.8, 4) is 0 Å². The number of halogens is 1. The predicted octanol–water partition coefficient (Wildman–Crippen LogP) is 1.79. The van der Waals surface area contributed by atoms with Crippen molar-refractivity contribution in [2.45, 2.75) is 26.3 Å². The summed E-state index contributed by atoms with van der Waals surface area (Å²) in [4.78, 5) is 22.5. The van der Waals surface area contributed by atoms with Crippen molar-refractivity contribution < 1.29 is 19.1 Å². The first-order chi connectivity index (χ1) is 7.45. The monoisotopic (exact) mass is 245 g/mol. The molecule has 0 bridgehead atoms. The van der Waals surface area contributed by atoms with E-state index in [4.69, 9.17) is 5.11 Å². The highest BCUT2D eigenvalue weighted by molar-refractivity contribution is 7.12. The Kier molecular flexibility index (Phi) is 4.00. The lowest BCUT2D eigenvalue weighted by atomic mass is 10.2. The van der Waals surface area contributed by atoms with E-state index in [1.807, 2.05) is 0 Å². The van der Waals surface area contributed by atoms with Crippen molar-refractivity contribution in [1.29, 1.82) is 0 Å². The van der Waals surface area contributed by atoms with Crippen molar-refractivity contribution in [3.63, 3.8) is 0 Å². The number of rotatable bonds is 4. The number of aliphatic carboxylic acids is 1. The molecule has 1 aromatic rings. The number of aryl methyl sites for hydroxylation is 1. The summed E-state index contributed by atoms with van der Waals surface area (Å²) in [5, 5.41) is 10.6. The second-order valence-corrected chi connectivity index (χ2v) is 4.34. The molecule has 4 nitrogen and oxygen atoms in total. The third-order valence-corrected chi connectivity index (χ3v) is 3.13. The summed E-state index contributed by atoms with van der Waals surface area (Å²) in [6.45, 7) is 3.26. The van der Waals surface area contributed by atoms with Gasteiger partial charge in [0.05, 0.1) is 4.88 Å². The van der Waals surface area contributed by atoms with Gasteiger partial charge in [0.2, 0.25) is 0 Å². The molecule has 0 aliphatic rings. The SMILES string of the molecule is CCC(NC(=O)c1sc(F)cc1C)C(=O)O. The Morgan fingerprint density at radius 3 is 2.62 bits per heavy atom. The highest BCUT2D eigenvalue weighted by atomic mass is 32.1.